The number of anilines is 1. The Balaban J connectivity index is 1.82. The summed E-state index contributed by atoms with van der Waals surface area (Å²) < 4.78 is 6.62. The number of fused-ring (bicyclic) bond motifs is 1. The molecule has 8 heteroatoms. The first kappa shape index (κ1) is 14.7. The van der Waals surface area contributed by atoms with Gasteiger partial charge in [0.15, 0.2) is 0 Å². The van der Waals surface area contributed by atoms with E-state index in [1.54, 1.807) is 25.4 Å². The lowest BCUT2D eigenvalue weighted by Crippen LogP contribution is -2.47. The lowest BCUT2D eigenvalue weighted by molar-refractivity contribution is -0.389. The molecule has 0 radical (unpaired) electrons. The highest BCUT2D eigenvalue weighted by atomic mass is 16.6. The van der Waals surface area contributed by atoms with Crippen LogP contribution in [0, 0.1) is 10.1 Å². The van der Waals surface area contributed by atoms with Gasteiger partial charge in [-0.2, -0.15) is 9.38 Å². The van der Waals surface area contributed by atoms with Crippen LogP contribution in [0.15, 0.2) is 24.4 Å². The summed E-state index contributed by atoms with van der Waals surface area (Å²) >= 11 is 0. The van der Waals surface area contributed by atoms with Gasteiger partial charge in [-0.1, -0.05) is 6.07 Å². The first-order valence-electron chi connectivity index (χ1n) is 7.28. The second-order valence-corrected chi connectivity index (χ2v) is 5.27. The van der Waals surface area contributed by atoms with Crippen molar-refractivity contribution in [3.63, 3.8) is 0 Å². The third-order valence-electron chi connectivity index (χ3n) is 3.94. The average molecular weight is 305 g/mol. The lowest BCUT2D eigenvalue weighted by Gasteiger charge is -2.34. The van der Waals surface area contributed by atoms with Gasteiger partial charge in [-0.25, -0.2) is 0 Å². The van der Waals surface area contributed by atoms with Crippen LogP contribution in [-0.4, -0.2) is 65.6 Å². The number of hydrogen-bond acceptors (Lipinski definition) is 6. The van der Waals surface area contributed by atoms with Crippen LogP contribution in [0.4, 0.5) is 11.6 Å². The maximum atomic E-state index is 11.4. The first-order valence-corrected chi connectivity index (χ1v) is 7.28. The van der Waals surface area contributed by atoms with Crippen molar-refractivity contribution in [2.75, 3.05) is 51.3 Å². The minimum Gasteiger partial charge on any atom is -0.383 e. The Labute approximate surface area is 128 Å². The van der Waals surface area contributed by atoms with E-state index in [0.29, 0.717) is 18.1 Å². The fraction of sp³-hybridized carbons (Fsp3) is 0.500. The summed E-state index contributed by atoms with van der Waals surface area (Å²) in [6, 6.07) is 5.39. The summed E-state index contributed by atoms with van der Waals surface area (Å²) in [5, 5.41) is 11.4. The number of aromatic nitrogens is 2. The topological polar surface area (TPSA) is 76.2 Å². The van der Waals surface area contributed by atoms with E-state index in [9.17, 15) is 10.1 Å². The van der Waals surface area contributed by atoms with Crippen molar-refractivity contribution in [3.05, 3.63) is 34.5 Å². The quantitative estimate of drug-likeness (QED) is 0.606. The number of ether oxygens (including phenoxy) is 1. The van der Waals surface area contributed by atoms with Crippen molar-refractivity contribution in [1.82, 2.24) is 14.3 Å². The molecule has 3 heterocycles. The van der Waals surface area contributed by atoms with Crippen LogP contribution in [0.25, 0.3) is 5.65 Å². The number of nitro groups is 1. The van der Waals surface area contributed by atoms with Gasteiger partial charge in [-0.15, -0.1) is 0 Å². The minimum absolute atomic E-state index is 0.0425. The summed E-state index contributed by atoms with van der Waals surface area (Å²) in [5.74, 6) is 0.503. The molecule has 0 N–H and O–H groups in total. The van der Waals surface area contributed by atoms with E-state index in [-0.39, 0.29) is 10.7 Å². The summed E-state index contributed by atoms with van der Waals surface area (Å²) in [6.45, 7) is 4.76. The van der Waals surface area contributed by atoms with Crippen molar-refractivity contribution < 1.29 is 9.66 Å². The van der Waals surface area contributed by atoms with E-state index >= 15 is 0 Å². The molecule has 3 rings (SSSR count). The summed E-state index contributed by atoms with van der Waals surface area (Å²) in [6.07, 6.45) is 1.68. The van der Waals surface area contributed by atoms with Gasteiger partial charge < -0.3 is 19.8 Å². The zero-order valence-electron chi connectivity index (χ0n) is 12.5. The highest BCUT2D eigenvalue weighted by Gasteiger charge is 2.29. The van der Waals surface area contributed by atoms with Gasteiger partial charge in [0.25, 0.3) is 0 Å². The molecule has 0 atom stereocenters. The Morgan fingerprint density at radius 1 is 1.32 bits per heavy atom. The number of imidazole rings is 1. The van der Waals surface area contributed by atoms with Crippen LogP contribution in [0.2, 0.25) is 0 Å². The van der Waals surface area contributed by atoms with Crippen molar-refractivity contribution in [1.29, 1.82) is 0 Å². The molecule has 1 aliphatic heterocycles. The van der Waals surface area contributed by atoms with E-state index in [1.807, 2.05) is 11.0 Å². The van der Waals surface area contributed by atoms with Gasteiger partial charge in [-0.05, 0) is 11.0 Å². The number of piperazine rings is 1. The third kappa shape index (κ3) is 2.75. The molecule has 1 saturated heterocycles. The van der Waals surface area contributed by atoms with E-state index < -0.39 is 0 Å². The fourth-order valence-corrected chi connectivity index (χ4v) is 2.76. The SMILES string of the molecule is COCCN1CCN(c2nc3ccccn3c2[N+](=O)[O-])CC1. The molecule has 0 saturated carbocycles. The Hall–Kier alpha value is -2.19. The van der Waals surface area contributed by atoms with Crippen molar-refractivity contribution in [2.24, 2.45) is 0 Å². The summed E-state index contributed by atoms with van der Waals surface area (Å²) in [4.78, 5) is 19.8. The zero-order chi connectivity index (χ0) is 15.5. The summed E-state index contributed by atoms with van der Waals surface area (Å²) in [5.41, 5.74) is 0.603. The highest BCUT2D eigenvalue weighted by Crippen LogP contribution is 2.29. The fourth-order valence-electron chi connectivity index (χ4n) is 2.76. The normalized spacial score (nSPS) is 16.3. The molecule has 1 aliphatic rings. The standard InChI is InChI=1S/C14H19N5O3/c1-22-11-10-16-6-8-17(9-7-16)13-14(19(20)21)18-5-3-2-4-12(18)15-13/h2-5H,6-11H2,1H3. The molecule has 22 heavy (non-hydrogen) atoms. The van der Waals surface area contributed by atoms with Crippen LogP contribution >= 0.6 is 0 Å². The predicted molar refractivity (Wildman–Crippen MR) is 82.4 cm³/mol. The molecular formula is C14H19N5O3. The number of rotatable bonds is 5. The highest BCUT2D eigenvalue weighted by molar-refractivity contribution is 5.63. The van der Waals surface area contributed by atoms with E-state index in [2.05, 4.69) is 9.88 Å². The van der Waals surface area contributed by atoms with Crippen LogP contribution in [-0.2, 0) is 4.74 Å². The maximum absolute atomic E-state index is 11.4. The maximum Gasteiger partial charge on any atom is 0.372 e. The zero-order valence-corrected chi connectivity index (χ0v) is 12.5. The van der Waals surface area contributed by atoms with Crippen molar-refractivity contribution in [2.45, 2.75) is 0 Å². The minimum atomic E-state index is -0.355. The monoisotopic (exact) mass is 305 g/mol. The predicted octanol–water partition coefficient (Wildman–Crippen LogP) is 1.01. The van der Waals surface area contributed by atoms with Crippen LogP contribution < -0.4 is 4.90 Å². The lowest BCUT2D eigenvalue weighted by atomic mass is 10.3. The second kappa shape index (κ2) is 6.29. The van der Waals surface area contributed by atoms with Crippen LogP contribution in [0.5, 0.6) is 0 Å². The molecule has 118 valence electrons. The molecular weight excluding hydrogens is 286 g/mol. The summed E-state index contributed by atoms with van der Waals surface area (Å²) in [7, 11) is 1.69. The van der Waals surface area contributed by atoms with Gasteiger partial charge in [0, 0.05) is 45.9 Å². The Morgan fingerprint density at radius 2 is 2.09 bits per heavy atom. The molecule has 1 fully saturated rings. The van der Waals surface area contributed by atoms with Crippen molar-refractivity contribution in [3.8, 4) is 0 Å². The molecule has 0 bridgehead atoms. The van der Waals surface area contributed by atoms with Gasteiger partial charge in [0.2, 0.25) is 11.5 Å². The first-order chi connectivity index (χ1) is 10.7. The Morgan fingerprint density at radius 3 is 2.77 bits per heavy atom. The smallest absolute Gasteiger partial charge is 0.372 e. The second-order valence-electron chi connectivity index (χ2n) is 5.27. The van der Waals surface area contributed by atoms with Gasteiger partial charge in [0.05, 0.1) is 12.8 Å². The average Bonchev–Trinajstić information content (AvgIpc) is 2.93. The molecule has 0 unspecified atom stereocenters. The van der Waals surface area contributed by atoms with E-state index in [1.165, 1.54) is 4.40 Å². The molecule has 8 nitrogen and oxygen atoms in total. The number of methoxy groups -OCH3 is 1. The molecule has 2 aromatic rings. The Kier molecular flexibility index (Phi) is 4.21. The molecule has 0 amide bonds. The van der Waals surface area contributed by atoms with Crippen LogP contribution in [0.1, 0.15) is 0 Å². The molecule has 0 aromatic carbocycles. The number of hydrogen-bond donors (Lipinski definition) is 0. The van der Waals surface area contributed by atoms with Gasteiger partial charge in [0.1, 0.15) is 0 Å². The Bertz CT molecular complexity index is 664. The van der Waals surface area contributed by atoms with Gasteiger partial charge >= 0.3 is 5.82 Å². The van der Waals surface area contributed by atoms with Crippen LogP contribution in [0.3, 0.4) is 0 Å². The number of nitrogens with zero attached hydrogens (tertiary/aromatic N) is 5. The number of pyridine rings is 1. The van der Waals surface area contributed by atoms with E-state index in [4.69, 9.17) is 4.74 Å². The third-order valence-corrected chi connectivity index (χ3v) is 3.94. The largest absolute Gasteiger partial charge is 0.383 e. The molecule has 0 aliphatic carbocycles. The van der Waals surface area contributed by atoms with Gasteiger partial charge in [-0.3, -0.25) is 4.90 Å². The van der Waals surface area contributed by atoms with Crippen molar-refractivity contribution >= 4 is 17.3 Å². The molecule has 0 spiro atoms. The molecule has 2 aromatic heterocycles. The van der Waals surface area contributed by atoms with E-state index in [0.717, 1.165) is 32.7 Å².